The van der Waals surface area contributed by atoms with E-state index in [1.54, 1.807) is 0 Å². The molecule has 1 saturated carbocycles. The first-order chi connectivity index (χ1) is 7.77. The van der Waals surface area contributed by atoms with Gasteiger partial charge in [-0.2, -0.15) is 11.8 Å². The molecular formula is C12H19NO2S. The maximum Gasteiger partial charge on any atom is 0.321 e. The monoisotopic (exact) mass is 241 g/mol. The number of rotatable bonds is 2. The van der Waals surface area contributed by atoms with Crippen molar-refractivity contribution in [3.05, 3.63) is 0 Å². The SMILES string of the molecule is O=C(O)C1C2CCCC2CN1C1CCSC1. The number of nitrogens with zero attached hydrogens (tertiary/aromatic N) is 1. The van der Waals surface area contributed by atoms with E-state index in [1.807, 2.05) is 11.8 Å². The lowest BCUT2D eigenvalue weighted by Crippen LogP contribution is -2.45. The Balaban J connectivity index is 1.79. The Morgan fingerprint density at radius 1 is 1.31 bits per heavy atom. The van der Waals surface area contributed by atoms with Gasteiger partial charge in [0, 0.05) is 18.3 Å². The number of carbonyl (C=O) groups is 1. The Morgan fingerprint density at radius 2 is 2.19 bits per heavy atom. The Hall–Kier alpha value is -0.220. The molecule has 16 heavy (non-hydrogen) atoms. The number of aliphatic carboxylic acids is 1. The summed E-state index contributed by atoms with van der Waals surface area (Å²) in [7, 11) is 0. The van der Waals surface area contributed by atoms with Crippen molar-refractivity contribution >= 4 is 17.7 Å². The van der Waals surface area contributed by atoms with Gasteiger partial charge in [-0.1, -0.05) is 6.42 Å². The molecule has 3 fully saturated rings. The Labute approximate surface area is 101 Å². The third-order valence-corrected chi connectivity index (χ3v) is 5.70. The van der Waals surface area contributed by atoms with Gasteiger partial charge in [-0.25, -0.2) is 0 Å². The lowest BCUT2D eigenvalue weighted by Gasteiger charge is -2.29. The van der Waals surface area contributed by atoms with Gasteiger partial charge in [0.2, 0.25) is 0 Å². The molecular weight excluding hydrogens is 222 g/mol. The molecule has 0 aromatic rings. The predicted molar refractivity (Wildman–Crippen MR) is 64.7 cm³/mol. The number of carboxylic acids is 1. The fourth-order valence-electron chi connectivity index (χ4n) is 3.82. The van der Waals surface area contributed by atoms with E-state index in [0.29, 0.717) is 17.9 Å². The Bertz CT molecular complexity index is 291. The van der Waals surface area contributed by atoms with Crippen molar-refractivity contribution in [1.29, 1.82) is 0 Å². The van der Waals surface area contributed by atoms with Gasteiger partial charge < -0.3 is 5.11 Å². The van der Waals surface area contributed by atoms with E-state index >= 15 is 0 Å². The van der Waals surface area contributed by atoms with Crippen molar-refractivity contribution in [2.45, 2.75) is 37.8 Å². The molecule has 4 atom stereocenters. The third kappa shape index (κ3) is 1.66. The summed E-state index contributed by atoms with van der Waals surface area (Å²) in [5, 5.41) is 9.44. The van der Waals surface area contributed by atoms with Crippen LogP contribution in [0.1, 0.15) is 25.7 Å². The van der Waals surface area contributed by atoms with Crippen molar-refractivity contribution in [2.75, 3.05) is 18.1 Å². The van der Waals surface area contributed by atoms with Crippen LogP contribution >= 0.6 is 11.8 Å². The van der Waals surface area contributed by atoms with Crippen LogP contribution in [0.25, 0.3) is 0 Å². The van der Waals surface area contributed by atoms with E-state index in [0.717, 1.165) is 18.7 Å². The van der Waals surface area contributed by atoms with Gasteiger partial charge in [-0.3, -0.25) is 9.69 Å². The molecule has 4 unspecified atom stereocenters. The molecule has 3 rings (SSSR count). The zero-order chi connectivity index (χ0) is 11.1. The van der Waals surface area contributed by atoms with Gasteiger partial charge in [0.15, 0.2) is 0 Å². The molecule has 3 aliphatic rings. The van der Waals surface area contributed by atoms with Gasteiger partial charge in [0.1, 0.15) is 6.04 Å². The molecule has 1 aliphatic carbocycles. The van der Waals surface area contributed by atoms with Crippen LogP contribution in [0.15, 0.2) is 0 Å². The van der Waals surface area contributed by atoms with Crippen molar-refractivity contribution in [1.82, 2.24) is 4.90 Å². The summed E-state index contributed by atoms with van der Waals surface area (Å²) in [6.07, 6.45) is 4.82. The average Bonchev–Trinajstić information content (AvgIpc) is 2.92. The predicted octanol–water partition coefficient (Wildman–Crippen LogP) is 1.68. The third-order valence-electron chi connectivity index (χ3n) is 4.55. The second kappa shape index (κ2) is 4.22. The maximum absolute atomic E-state index is 11.5. The molecule has 2 saturated heterocycles. The summed E-state index contributed by atoms with van der Waals surface area (Å²) in [5.41, 5.74) is 0. The highest BCUT2D eigenvalue weighted by Gasteiger charge is 2.49. The topological polar surface area (TPSA) is 40.5 Å². The summed E-state index contributed by atoms with van der Waals surface area (Å²) in [6.45, 7) is 1.05. The summed E-state index contributed by atoms with van der Waals surface area (Å²) in [4.78, 5) is 13.8. The van der Waals surface area contributed by atoms with E-state index in [-0.39, 0.29) is 6.04 Å². The molecule has 1 N–H and O–H groups in total. The van der Waals surface area contributed by atoms with E-state index in [2.05, 4.69) is 4.90 Å². The van der Waals surface area contributed by atoms with Crippen LogP contribution in [-0.2, 0) is 4.79 Å². The molecule has 0 aromatic heterocycles. The summed E-state index contributed by atoms with van der Waals surface area (Å²) in [6, 6.07) is 0.368. The van der Waals surface area contributed by atoms with Crippen LogP contribution in [-0.4, -0.2) is 46.1 Å². The number of thioether (sulfide) groups is 1. The number of carboxylic acid groups (broad SMARTS) is 1. The first kappa shape index (κ1) is 10.9. The minimum atomic E-state index is -0.577. The van der Waals surface area contributed by atoms with Crippen LogP contribution in [0.5, 0.6) is 0 Å². The molecule has 0 amide bonds. The molecule has 90 valence electrons. The number of hydrogen-bond acceptors (Lipinski definition) is 3. The van der Waals surface area contributed by atoms with E-state index in [1.165, 1.54) is 25.0 Å². The largest absolute Gasteiger partial charge is 0.480 e. The smallest absolute Gasteiger partial charge is 0.321 e. The van der Waals surface area contributed by atoms with Crippen LogP contribution < -0.4 is 0 Å². The number of likely N-dealkylation sites (tertiary alicyclic amines) is 1. The van der Waals surface area contributed by atoms with Crippen molar-refractivity contribution in [3.63, 3.8) is 0 Å². The first-order valence-corrected chi connectivity index (χ1v) is 7.49. The Morgan fingerprint density at radius 3 is 2.88 bits per heavy atom. The van der Waals surface area contributed by atoms with Crippen LogP contribution in [0.3, 0.4) is 0 Å². The molecule has 0 spiro atoms. The normalized spacial score (nSPS) is 43.8. The van der Waals surface area contributed by atoms with E-state index in [9.17, 15) is 9.90 Å². The summed E-state index contributed by atoms with van der Waals surface area (Å²) < 4.78 is 0. The second-order valence-electron chi connectivity index (χ2n) is 5.35. The molecule has 0 radical (unpaired) electrons. The molecule has 4 heteroatoms. The molecule has 0 bridgehead atoms. The summed E-state index contributed by atoms with van der Waals surface area (Å²) in [5.74, 6) is 2.90. The van der Waals surface area contributed by atoms with Crippen molar-refractivity contribution in [3.8, 4) is 0 Å². The van der Waals surface area contributed by atoms with Gasteiger partial charge in [0.05, 0.1) is 0 Å². The fraction of sp³-hybridized carbons (Fsp3) is 0.917. The minimum Gasteiger partial charge on any atom is -0.480 e. The van der Waals surface area contributed by atoms with Gasteiger partial charge in [0.25, 0.3) is 0 Å². The van der Waals surface area contributed by atoms with Gasteiger partial charge >= 0.3 is 5.97 Å². The van der Waals surface area contributed by atoms with Crippen LogP contribution in [0, 0.1) is 11.8 Å². The molecule has 3 nitrogen and oxygen atoms in total. The average molecular weight is 241 g/mol. The highest BCUT2D eigenvalue weighted by Crippen LogP contribution is 2.44. The van der Waals surface area contributed by atoms with E-state index in [4.69, 9.17) is 0 Å². The standard InChI is InChI=1S/C12H19NO2S/c14-12(15)11-10-3-1-2-8(10)6-13(11)9-4-5-16-7-9/h8-11H,1-7H2,(H,14,15). The van der Waals surface area contributed by atoms with Gasteiger partial charge in [-0.05, 0) is 36.9 Å². The first-order valence-electron chi connectivity index (χ1n) is 6.33. The van der Waals surface area contributed by atoms with Gasteiger partial charge in [-0.15, -0.1) is 0 Å². The Kier molecular flexibility index (Phi) is 2.88. The minimum absolute atomic E-state index is 0.170. The van der Waals surface area contributed by atoms with Crippen LogP contribution in [0.2, 0.25) is 0 Å². The lowest BCUT2D eigenvalue weighted by atomic mass is 9.94. The highest BCUT2D eigenvalue weighted by molar-refractivity contribution is 7.99. The molecule has 2 aliphatic heterocycles. The maximum atomic E-state index is 11.5. The number of fused-ring (bicyclic) bond motifs is 1. The van der Waals surface area contributed by atoms with E-state index < -0.39 is 5.97 Å². The lowest BCUT2D eigenvalue weighted by molar-refractivity contribution is -0.144. The fourth-order valence-corrected chi connectivity index (χ4v) is 5.06. The van der Waals surface area contributed by atoms with Crippen molar-refractivity contribution < 1.29 is 9.90 Å². The van der Waals surface area contributed by atoms with Crippen molar-refractivity contribution in [2.24, 2.45) is 11.8 Å². The molecule has 2 heterocycles. The second-order valence-corrected chi connectivity index (χ2v) is 6.50. The number of hydrogen-bond donors (Lipinski definition) is 1. The highest BCUT2D eigenvalue weighted by atomic mass is 32.2. The summed E-state index contributed by atoms with van der Waals surface area (Å²) >= 11 is 1.98. The zero-order valence-electron chi connectivity index (χ0n) is 9.47. The zero-order valence-corrected chi connectivity index (χ0v) is 10.3. The van der Waals surface area contributed by atoms with Crippen LogP contribution in [0.4, 0.5) is 0 Å². The quantitative estimate of drug-likeness (QED) is 0.798. The molecule has 0 aromatic carbocycles.